The Balaban J connectivity index is 1.47. The van der Waals surface area contributed by atoms with Gasteiger partial charge in [-0.1, -0.05) is 40.8 Å². The minimum absolute atomic E-state index is 0.0985. The molecule has 1 aromatic heterocycles. The Morgan fingerprint density at radius 3 is 2.72 bits per heavy atom. The number of aryl methyl sites for hydroxylation is 1. The lowest BCUT2D eigenvalue weighted by Gasteiger charge is -2.34. The van der Waals surface area contributed by atoms with Crippen LogP contribution in [0, 0.1) is 12.7 Å². The summed E-state index contributed by atoms with van der Waals surface area (Å²) in [5, 5.41) is 9.30. The van der Waals surface area contributed by atoms with Gasteiger partial charge in [0.1, 0.15) is 10.8 Å². The fraction of sp³-hybridized carbons (Fsp3) is 0.438. The van der Waals surface area contributed by atoms with Crippen molar-refractivity contribution in [1.29, 1.82) is 0 Å². The monoisotopic (exact) mass is 400 g/mol. The van der Waals surface area contributed by atoms with Crippen molar-refractivity contribution in [3.63, 3.8) is 0 Å². The molecule has 0 spiro atoms. The molecule has 1 saturated heterocycles. The van der Waals surface area contributed by atoms with Crippen LogP contribution in [-0.4, -0.2) is 57.8 Å². The Hall–Kier alpha value is -1.22. The predicted octanol–water partition coefficient (Wildman–Crippen LogP) is 3.08. The van der Waals surface area contributed by atoms with Gasteiger partial charge in [0.25, 0.3) is 0 Å². The molecule has 25 heavy (non-hydrogen) atoms. The molecule has 0 N–H and O–H groups in total. The maximum absolute atomic E-state index is 13.9. The fourth-order valence-electron chi connectivity index (χ4n) is 2.61. The lowest BCUT2D eigenvalue weighted by Crippen LogP contribution is -2.48. The van der Waals surface area contributed by atoms with Crippen LogP contribution in [0.2, 0.25) is 5.02 Å². The number of rotatable bonds is 5. The molecule has 1 aromatic carbocycles. The maximum Gasteiger partial charge on any atom is 0.233 e. The Bertz CT molecular complexity index is 729. The molecule has 2 aromatic rings. The summed E-state index contributed by atoms with van der Waals surface area (Å²) >= 11 is 9.00. The summed E-state index contributed by atoms with van der Waals surface area (Å²) in [5.41, 5.74) is 0.520. The Kier molecular flexibility index (Phi) is 6.27. The molecule has 9 heteroatoms. The molecule has 0 bridgehead atoms. The van der Waals surface area contributed by atoms with E-state index in [1.807, 2.05) is 11.8 Å². The SMILES string of the molecule is Cc1nnc(SCC(=O)N2CCN(Cc3c(F)cccc3Cl)CC2)s1. The van der Waals surface area contributed by atoms with Crippen molar-refractivity contribution in [3.8, 4) is 0 Å². The van der Waals surface area contributed by atoms with E-state index in [1.165, 1.54) is 29.2 Å². The van der Waals surface area contributed by atoms with E-state index in [9.17, 15) is 9.18 Å². The Labute approximate surface area is 159 Å². The maximum atomic E-state index is 13.9. The highest BCUT2D eigenvalue weighted by molar-refractivity contribution is 8.01. The number of hydrogen-bond donors (Lipinski definition) is 0. The second-order valence-electron chi connectivity index (χ2n) is 5.73. The summed E-state index contributed by atoms with van der Waals surface area (Å²) in [7, 11) is 0. The van der Waals surface area contributed by atoms with Crippen molar-refractivity contribution in [2.45, 2.75) is 17.8 Å². The summed E-state index contributed by atoms with van der Waals surface area (Å²) in [4.78, 5) is 16.3. The molecular formula is C16H18ClFN4OS2. The molecule has 1 fully saturated rings. The van der Waals surface area contributed by atoms with Crippen molar-refractivity contribution in [1.82, 2.24) is 20.0 Å². The van der Waals surface area contributed by atoms with Gasteiger partial charge in [-0.15, -0.1) is 10.2 Å². The van der Waals surface area contributed by atoms with E-state index in [0.717, 1.165) is 9.35 Å². The lowest BCUT2D eigenvalue weighted by molar-refractivity contribution is -0.130. The van der Waals surface area contributed by atoms with Crippen LogP contribution in [0.4, 0.5) is 4.39 Å². The quantitative estimate of drug-likeness (QED) is 0.722. The number of hydrogen-bond acceptors (Lipinski definition) is 6. The van der Waals surface area contributed by atoms with Gasteiger partial charge in [0.05, 0.1) is 5.75 Å². The second kappa shape index (κ2) is 8.44. The molecule has 3 rings (SSSR count). The number of carbonyl (C=O) groups excluding carboxylic acids is 1. The summed E-state index contributed by atoms with van der Waals surface area (Å²) in [6, 6.07) is 4.73. The van der Waals surface area contributed by atoms with Crippen molar-refractivity contribution >= 4 is 40.6 Å². The first-order valence-corrected chi connectivity index (χ1v) is 10.1. The van der Waals surface area contributed by atoms with E-state index in [2.05, 4.69) is 15.1 Å². The van der Waals surface area contributed by atoms with Crippen molar-refractivity contribution < 1.29 is 9.18 Å². The zero-order valence-corrected chi connectivity index (χ0v) is 16.1. The third kappa shape index (κ3) is 4.91. The standard InChI is InChI=1S/C16H18ClFN4OS2/c1-11-19-20-16(25-11)24-10-15(23)22-7-5-21(6-8-22)9-12-13(17)3-2-4-14(12)18/h2-4H,5-10H2,1H3. The number of halogens is 2. The Morgan fingerprint density at radius 2 is 2.08 bits per heavy atom. The molecule has 0 radical (unpaired) electrons. The van der Waals surface area contributed by atoms with Crippen LogP contribution in [0.15, 0.2) is 22.5 Å². The van der Waals surface area contributed by atoms with Gasteiger partial charge in [-0.25, -0.2) is 4.39 Å². The number of nitrogens with zero attached hydrogens (tertiary/aromatic N) is 4. The highest BCUT2D eigenvalue weighted by Gasteiger charge is 2.22. The van der Waals surface area contributed by atoms with Gasteiger partial charge in [-0.2, -0.15) is 0 Å². The zero-order chi connectivity index (χ0) is 17.8. The number of amides is 1. The molecular weight excluding hydrogens is 383 g/mol. The smallest absolute Gasteiger partial charge is 0.233 e. The van der Waals surface area contributed by atoms with Gasteiger partial charge < -0.3 is 4.90 Å². The largest absolute Gasteiger partial charge is 0.339 e. The van der Waals surface area contributed by atoms with Gasteiger partial charge in [0, 0.05) is 43.3 Å². The first-order valence-electron chi connectivity index (χ1n) is 7.89. The van der Waals surface area contributed by atoms with Crippen molar-refractivity contribution in [3.05, 3.63) is 39.6 Å². The molecule has 1 aliphatic rings. The summed E-state index contributed by atoms with van der Waals surface area (Å²) in [6.07, 6.45) is 0. The van der Waals surface area contributed by atoms with E-state index < -0.39 is 0 Å². The minimum Gasteiger partial charge on any atom is -0.339 e. The highest BCUT2D eigenvalue weighted by atomic mass is 35.5. The van der Waals surface area contributed by atoms with Crippen LogP contribution >= 0.6 is 34.7 Å². The van der Waals surface area contributed by atoms with Crippen LogP contribution in [0.3, 0.4) is 0 Å². The molecule has 5 nitrogen and oxygen atoms in total. The van der Waals surface area contributed by atoms with Gasteiger partial charge in [0.15, 0.2) is 4.34 Å². The van der Waals surface area contributed by atoms with Crippen LogP contribution in [0.1, 0.15) is 10.6 Å². The van der Waals surface area contributed by atoms with Crippen molar-refractivity contribution in [2.75, 3.05) is 31.9 Å². The van der Waals surface area contributed by atoms with Gasteiger partial charge in [0.2, 0.25) is 5.91 Å². The van der Waals surface area contributed by atoms with E-state index in [0.29, 0.717) is 49.1 Å². The number of benzene rings is 1. The molecule has 134 valence electrons. The summed E-state index contributed by atoms with van der Waals surface area (Å²) in [6.45, 7) is 5.05. The van der Waals surface area contributed by atoms with Crippen molar-refractivity contribution in [2.24, 2.45) is 0 Å². The Morgan fingerprint density at radius 1 is 1.32 bits per heavy atom. The second-order valence-corrected chi connectivity index (χ2v) is 8.54. The topological polar surface area (TPSA) is 49.3 Å². The van der Waals surface area contributed by atoms with E-state index in [1.54, 1.807) is 12.1 Å². The van der Waals surface area contributed by atoms with Gasteiger partial charge in [-0.05, 0) is 19.1 Å². The van der Waals surface area contributed by atoms with Crippen LogP contribution in [0.25, 0.3) is 0 Å². The molecule has 0 aliphatic carbocycles. The number of thioether (sulfide) groups is 1. The lowest BCUT2D eigenvalue weighted by atomic mass is 10.2. The molecule has 1 aliphatic heterocycles. The van der Waals surface area contributed by atoms with Gasteiger partial charge in [-0.3, -0.25) is 9.69 Å². The van der Waals surface area contributed by atoms with E-state index >= 15 is 0 Å². The predicted molar refractivity (Wildman–Crippen MR) is 98.6 cm³/mol. The first-order chi connectivity index (χ1) is 12.0. The third-order valence-corrected chi connectivity index (χ3v) is 6.31. The zero-order valence-electron chi connectivity index (χ0n) is 13.7. The van der Waals surface area contributed by atoms with Crippen LogP contribution in [0.5, 0.6) is 0 Å². The van der Waals surface area contributed by atoms with Crippen LogP contribution in [-0.2, 0) is 11.3 Å². The summed E-state index contributed by atoms with van der Waals surface area (Å²) in [5.74, 6) is 0.185. The molecule has 0 saturated carbocycles. The molecule has 0 atom stereocenters. The van der Waals surface area contributed by atoms with E-state index in [-0.39, 0.29) is 11.7 Å². The summed E-state index contributed by atoms with van der Waals surface area (Å²) < 4.78 is 14.7. The third-order valence-electron chi connectivity index (χ3n) is 4.00. The average molecular weight is 401 g/mol. The fourth-order valence-corrected chi connectivity index (χ4v) is 4.56. The molecule has 2 heterocycles. The normalized spacial score (nSPS) is 15.6. The average Bonchev–Trinajstić information content (AvgIpc) is 3.02. The molecule has 1 amide bonds. The van der Waals surface area contributed by atoms with Crippen LogP contribution < -0.4 is 0 Å². The minimum atomic E-state index is -0.283. The van der Waals surface area contributed by atoms with Gasteiger partial charge >= 0.3 is 0 Å². The van der Waals surface area contributed by atoms with E-state index in [4.69, 9.17) is 11.6 Å². The number of aromatic nitrogens is 2. The number of piperazine rings is 1. The first kappa shape index (κ1) is 18.6. The highest BCUT2D eigenvalue weighted by Crippen LogP contribution is 2.23. The molecule has 0 unspecified atom stereocenters. The number of carbonyl (C=O) groups is 1.